The molecule has 0 saturated carbocycles. The first-order chi connectivity index (χ1) is 11.6. The molecule has 1 N–H and O–H groups in total. The molecule has 3 aromatic rings. The molecule has 0 unspecified atom stereocenters. The zero-order valence-electron chi connectivity index (χ0n) is 12.7. The molecule has 0 spiro atoms. The van der Waals surface area contributed by atoms with E-state index in [9.17, 15) is 14.9 Å². The van der Waals surface area contributed by atoms with Gasteiger partial charge in [-0.1, -0.05) is 18.2 Å². The molecule has 0 atom stereocenters. The fraction of sp³-hybridized carbons (Fsp3) is 0.0588. The van der Waals surface area contributed by atoms with Gasteiger partial charge in [-0.05, 0) is 31.2 Å². The summed E-state index contributed by atoms with van der Waals surface area (Å²) >= 11 is 0. The Labute approximate surface area is 136 Å². The summed E-state index contributed by atoms with van der Waals surface area (Å²) in [7, 11) is 0. The van der Waals surface area contributed by atoms with Gasteiger partial charge in [0.1, 0.15) is 5.52 Å². The Morgan fingerprint density at radius 2 is 2.08 bits per heavy atom. The summed E-state index contributed by atoms with van der Waals surface area (Å²) in [5.41, 5.74) is 1.90. The van der Waals surface area contributed by atoms with E-state index in [-0.39, 0.29) is 17.5 Å². The number of hydrogen-bond acceptors (Lipinski definition) is 5. The van der Waals surface area contributed by atoms with Crippen LogP contribution in [0.3, 0.4) is 0 Å². The van der Waals surface area contributed by atoms with E-state index in [0.717, 1.165) is 0 Å². The molecule has 3 rings (SSSR count). The van der Waals surface area contributed by atoms with Crippen LogP contribution in [-0.4, -0.2) is 15.8 Å². The lowest BCUT2D eigenvalue weighted by Crippen LogP contribution is -2.08. The molecule has 2 aromatic carbocycles. The number of nitrogens with zero attached hydrogens (tertiary/aromatic N) is 2. The molecular weight excluding hydrogens is 310 g/mol. The molecule has 0 saturated heterocycles. The Kier molecular flexibility index (Phi) is 4.07. The number of non-ortho nitro benzene ring substituents is 1. The van der Waals surface area contributed by atoms with Gasteiger partial charge in [-0.3, -0.25) is 14.9 Å². The highest BCUT2D eigenvalue weighted by Crippen LogP contribution is 2.31. The summed E-state index contributed by atoms with van der Waals surface area (Å²) in [6, 6.07) is 11.3. The summed E-state index contributed by atoms with van der Waals surface area (Å²) in [4.78, 5) is 26.4. The highest BCUT2D eigenvalue weighted by molar-refractivity contribution is 6.01. The first kappa shape index (κ1) is 15.4. The Bertz CT molecular complexity index is 959. The van der Waals surface area contributed by atoms with E-state index in [2.05, 4.69) is 10.3 Å². The number of para-hydroxylation sites is 1. The largest absolute Gasteiger partial charge is 0.436 e. The van der Waals surface area contributed by atoms with Crippen LogP contribution >= 0.6 is 0 Å². The van der Waals surface area contributed by atoms with E-state index < -0.39 is 4.92 Å². The van der Waals surface area contributed by atoms with E-state index in [4.69, 9.17) is 4.42 Å². The second-order valence-corrected chi connectivity index (χ2v) is 4.96. The summed E-state index contributed by atoms with van der Waals surface area (Å²) in [6.45, 7) is 1.75. The van der Waals surface area contributed by atoms with Crippen molar-refractivity contribution < 1.29 is 14.1 Å². The molecule has 7 nitrogen and oxygen atoms in total. The number of allylic oxidation sites excluding steroid dienone is 1. The fourth-order valence-corrected chi connectivity index (χ4v) is 2.25. The van der Waals surface area contributed by atoms with Crippen molar-refractivity contribution in [1.29, 1.82) is 0 Å². The molecule has 1 heterocycles. The number of anilines is 1. The van der Waals surface area contributed by atoms with Crippen molar-refractivity contribution in [3.8, 4) is 11.5 Å². The minimum absolute atomic E-state index is 0.0583. The second kappa shape index (κ2) is 6.33. The molecule has 1 aromatic heterocycles. The lowest BCUT2D eigenvalue weighted by molar-refractivity contribution is -0.384. The summed E-state index contributed by atoms with van der Waals surface area (Å²) in [5.74, 6) is 0.0126. The predicted octanol–water partition coefficient (Wildman–Crippen LogP) is 3.92. The van der Waals surface area contributed by atoms with E-state index in [0.29, 0.717) is 22.4 Å². The Morgan fingerprint density at radius 1 is 1.29 bits per heavy atom. The number of hydrogen-bond donors (Lipinski definition) is 1. The van der Waals surface area contributed by atoms with E-state index >= 15 is 0 Å². The van der Waals surface area contributed by atoms with Gasteiger partial charge in [0.2, 0.25) is 11.8 Å². The number of nitro groups is 1. The number of oxazole rings is 1. The van der Waals surface area contributed by atoms with Gasteiger partial charge in [0, 0.05) is 12.1 Å². The number of amides is 1. The van der Waals surface area contributed by atoms with Crippen LogP contribution < -0.4 is 5.32 Å². The number of fused-ring (bicyclic) bond motifs is 1. The SMILES string of the molecule is CC=CC(=O)Nc1ccccc1-c1nc2cc([N+](=O)[O-])ccc2o1. The van der Waals surface area contributed by atoms with Gasteiger partial charge >= 0.3 is 0 Å². The first-order valence-corrected chi connectivity index (χ1v) is 7.16. The molecule has 0 aliphatic rings. The van der Waals surface area contributed by atoms with Crippen molar-refractivity contribution in [1.82, 2.24) is 4.98 Å². The van der Waals surface area contributed by atoms with Crippen LogP contribution in [0.1, 0.15) is 6.92 Å². The maximum absolute atomic E-state index is 11.8. The topological polar surface area (TPSA) is 98.3 Å². The van der Waals surface area contributed by atoms with Gasteiger partial charge in [0.15, 0.2) is 5.58 Å². The van der Waals surface area contributed by atoms with Crippen LogP contribution in [0.2, 0.25) is 0 Å². The van der Waals surface area contributed by atoms with Crippen molar-refractivity contribution in [3.05, 3.63) is 64.7 Å². The number of carbonyl (C=O) groups excluding carboxylic acids is 1. The zero-order valence-corrected chi connectivity index (χ0v) is 12.7. The Hall–Kier alpha value is -3.48. The number of benzene rings is 2. The summed E-state index contributed by atoms with van der Waals surface area (Å²) < 4.78 is 5.67. The quantitative estimate of drug-likeness (QED) is 0.446. The molecule has 0 bridgehead atoms. The zero-order chi connectivity index (χ0) is 17.1. The number of nitro benzene ring substituents is 1. The minimum Gasteiger partial charge on any atom is -0.436 e. The van der Waals surface area contributed by atoms with Crippen LogP contribution in [0.25, 0.3) is 22.6 Å². The van der Waals surface area contributed by atoms with Crippen molar-refractivity contribution >= 4 is 28.4 Å². The molecule has 1 amide bonds. The van der Waals surface area contributed by atoms with Gasteiger partial charge in [-0.2, -0.15) is 0 Å². The molecule has 0 radical (unpaired) electrons. The van der Waals surface area contributed by atoms with Crippen molar-refractivity contribution in [3.63, 3.8) is 0 Å². The van der Waals surface area contributed by atoms with E-state index in [1.807, 2.05) is 0 Å². The van der Waals surface area contributed by atoms with Gasteiger partial charge in [0.05, 0.1) is 16.2 Å². The lowest BCUT2D eigenvalue weighted by Gasteiger charge is -2.06. The van der Waals surface area contributed by atoms with Crippen molar-refractivity contribution in [2.24, 2.45) is 0 Å². The molecule has 0 aliphatic heterocycles. The maximum atomic E-state index is 11.8. The third-order valence-corrected chi connectivity index (χ3v) is 3.32. The normalized spacial score (nSPS) is 11.0. The van der Waals surface area contributed by atoms with E-state index in [1.54, 1.807) is 37.3 Å². The average Bonchev–Trinajstić information content (AvgIpc) is 2.98. The second-order valence-electron chi connectivity index (χ2n) is 4.96. The van der Waals surface area contributed by atoms with Crippen LogP contribution in [0, 0.1) is 10.1 Å². The van der Waals surface area contributed by atoms with Gasteiger partial charge in [-0.15, -0.1) is 0 Å². The van der Waals surface area contributed by atoms with Gasteiger partial charge in [0.25, 0.3) is 5.69 Å². The third kappa shape index (κ3) is 3.00. The van der Waals surface area contributed by atoms with Crippen molar-refractivity contribution in [2.75, 3.05) is 5.32 Å². The smallest absolute Gasteiger partial charge is 0.271 e. The Morgan fingerprint density at radius 3 is 2.83 bits per heavy atom. The molecule has 0 fully saturated rings. The maximum Gasteiger partial charge on any atom is 0.271 e. The summed E-state index contributed by atoms with van der Waals surface area (Å²) in [5, 5.41) is 13.6. The Balaban J connectivity index is 2.04. The number of carbonyl (C=O) groups is 1. The molecule has 120 valence electrons. The van der Waals surface area contributed by atoms with Crippen LogP contribution in [0.4, 0.5) is 11.4 Å². The van der Waals surface area contributed by atoms with Crippen LogP contribution in [-0.2, 0) is 4.79 Å². The lowest BCUT2D eigenvalue weighted by atomic mass is 10.1. The van der Waals surface area contributed by atoms with Crippen LogP contribution in [0.15, 0.2) is 59.0 Å². The predicted molar refractivity (Wildman–Crippen MR) is 89.5 cm³/mol. The standard InChI is InChI=1S/C17H13N3O4/c1-2-5-16(21)18-13-7-4-3-6-12(13)17-19-14-10-11(20(22)23)8-9-15(14)24-17/h2-10H,1H3,(H,18,21). The molecular formula is C17H13N3O4. The third-order valence-electron chi connectivity index (χ3n) is 3.32. The minimum atomic E-state index is -0.487. The van der Waals surface area contributed by atoms with Gasteiger partial charge < -0.3 is 9.73 Å². The summed E-state index contributed by atoms with van der Waals surface area (Å²) in [6.07, 6.45) is 3.04. The monoisotopic (exact) mass is 323 g/mol. The van der Waals surface area contributed by atoms with E-state index in [1.165, 1.54) is 24.3 Å². The number of rotatable bonds is 4. The number of nitrogens with one attached hydrogen (secondary N) is 1. The average molecular weight is 323 g/mol. The van der Waals surface area contributed by atoms with Crippen LogP contribution in [0.5, 0.6) is 0 Å². The molecule has 24 heavy (non-hydrogen) atoms. The number of aromatic nitrogens is 1. The highest BCUT2D eigenvalue weighted by Gasteiger charge is 2.15. The molecule has 0 aliphatic carbocycles. The van der Waals surface area contributed by atoms with Gasteiger partial charge in [-0.25, -0.2) is 4.98 Å². The van der Waals surface area contributed by atoms with Crippen molar-refractivity contribution in [2.45, 2.75) is 6.92 Å². The highest BCUT2D eigenvalue weighted by atomic mass is 16.6. The fourth-order valence-electron chi connectivity index (χ4n) is 2.25. The molecule has 7 heteroatoms. The first-order valence-electron chi connectivity index (χ1n) is 7.16.